The number of rotatable bonds is 4. The number of benzene rings is 1. The average molecular weight is 319 g/mol. The summed E-state index contributed by atoms with van der Waals surface area (Å²) in [6.45, 7) is 1.20. The SMILES string of the molecule is COc1cc(OC)cc(C(=O)N2CCC3(CC2)CC3C(=O)O)c1. The van der Waals surface area contributed by atoms with Gasteiger partial charge in [0, 0.05) is 24.7 Å². The third-order valence-corrected chi connectivity index (χ3v) is 5.13. The molecule has 3 rings (SSSR count). The molecule has 0 aromatic heterocycles. The Hall–Kier alpha value is -2.24. The summed E-state index contributed by atoms with van der Waals surface area (Å²) >= 11 is 0. The van der Waals surface area contributed by atoms with E-state index >= 15 is 0 Å². The van der Waals surface area contributed by atoms with Crippen LogP contribution in [0.2, 0.25) is 0 Å². The monoisotopic (exact) mass is 319 g/mol. The molecular weight excluding hydrogens is 298 g/mol. The van der Waals surface area contributed by atoms with Crippen LogP contribution < -0.4 is 9.47 Å². The number of carboxylic acids is 1. The topological polar surface area (TPSA) is 76.1 Å². The van der Waals surface area contributed by atoms with Gasteiger partial charge in [-0.1, -0.05) is 0 Å². The summed E-state index contributed by atoms with van der Waals surface area (Å²) in [6.07, 6.45) is 2.27. The van der Waals surface area contributed by atoms with Crippen LogP contribution in [0, 0.1) is 11.3 Å². The molecule has 1 heterocycles. The number of amides is 1. The largest absolute Gasteiger partial charge is 0.497 e. The Balaban J connectivity index is 1.69. The minimum atomic E-state index is -0.706. The lowest BCUT2D eigenvalue weighted by molar-refractivity contribution is -0.139. The van der Waals surface area contributed by atoms with Crippen molar-refractivity contribution in [3.05, 3.63) is 23.8 Å². The van der Waals surface area contributed by atoms with Crippen LogP contribution in [0.15, 0.2) is 18.2 Å². The molecule has 0 bridgehead atoms. The molecule has 124 valence electrons. The number of nitrogens with zero attached hydrogens (tertiary/aromatic N) is 1. The Bertz CT molecular complexity index is 612. The van der Waals surface area contributed by atoms with Crippen LogP contribution in [0.3, 0.4) is 0 Å². The van der Waals surface area contributed by atoms with E-state index in [0.29, 0.717) is 30.2 Å². The zero-order valence-corrected chi connectivity index (χ0v) is 13.4. The molecule has 1 unspecified atom stereocenters. The summed E-state index contributed by atoms with van der Waals surface area (Å²) in [6, 6.07) is 5.13. The molecule has 2 fully saturated rings. The standard InChI is InChI=1S/C17H21NO5/c1-22-12-7-11(8-13(9-12)23-2)15(19)18-5-3-17(4-6-18)10-14(17)16(20)21/h7-9,14H,3-6,10H2,1-2H3,(H,20,21). The second kappa shape index (κ2) is 5.76. The molecular formula is C17H21NO5. The lowest BCUT2D eigenvalue weighted by atomic mass is 9.90. The Morgan fingerprint density at radius 1 is 1.13 bits per heavy atom. The van der Waals surface area contributed by atoms with Gasteiger partial charge in [-0.3, -0.25) is 9.59 Å². The number of piperidine rings is 1. The third kappa shape index (κ3) is 2.85. The predicted octanol–water partition coefficient (Wildman–Crippen LogP) is 2.03. The van der Waals surface area contributed by atoms with Crippen LogP contribution in [0.5, 0.6) is 11.5 Å². The molecule has 0 radical (unpaired) electrons. The van der Waals surface area contributed by atoms with Gasteiger partial charge in [-0.2, -0.15) is 0 Å². The van der Waals surface area contributed by atoms with Crippen molar-refractivity contribution in [3.63, 3.8) is 0 Å². The summed E-state index contributed by atoms with van der Waals surface area (Å²) in [5.74, 6) is 0.159. The Kier molecular flexibility index (Phi) is 3.92. The lowest BCUT2D eigenvalue weighted by Gasteiger charge is -2.32. The van der Waals surface area contributed by atoms with E-state index in [4.69, 9.17) is 14.6 Å². The molecule has 1 N–H and O–H groups in total. The molecule has 1 saturated heterocycles. The van der Waals surface area contributed by atoms with Crippen LogP contribution in [0.4, 0.5) is 0 Å². The van der Waals surface area contributed by atoms with Crippen LogP contribution >= 0.6 is 0 Å². The van der Waals surface area contributed by atoms with E-state index < -0.39 is 5.97 Å². The zero-order valence-electron chi connectivity index (χ0n) is 13.4. The van der Waals surface area contributed by atoms with E-state index in [2.05, 4.69) is 0 Å². The number of carbonyl (C=O) groups excluding carboxylic acids is 1. The maximum Gasteiger partial charge on any atom is 0.307 e. The first-order chi connectivity index (χ1) is 11.0. The van der Waals surface area contributed by atoms with E-state index in [9.17, 15) is 9.59 Å². The van der Waals surface area contributed by atoms with E-state index in [-0.39, 0.29) is 17.2 Å². The quantitative estimate of drug-likeness (QED) is 0.919. The summed E-state index contributed by atoms with van der Waals surface area (Å²) in [5, 5.41) is 9.13. The van der Waals surface area contributed by atoms with Crippen molar-refractivity contribution < 1.29 is 24.2 Å². The van der Waals surface area contributed by atoms with Crippen molar-refractivity contribution in [3.8, 4) is 11.5 Å². The van der Waals surface area contributed by atoms with Gasteiger partial charge in [0.15, 0.2) is 0 Å². The van der Waals surface area contributed by atoms with E-state index in [1.165, 1.54) is 0 Å². The highest BCUT2D eigenvalue weighted by Crippen LogP contribution is 2.59. The predicted molar refractivity (Wildman–Crippen MR) is 82.9 cm³/mol. The van der Waals surface area contributed by atoms with Crippen molar-refractivity contribution in [2.75, 3.05) is 27.3 Å². The first kappa shape index (κ1) is 15.6. The van der Waals surface area contributed by atoms with E-state index in [1.807, 2.05) is 0 Å². The van der Waals surface area contributed by atoms with Gasteiger partial charge in [0.25, 0.3) is 5.91 Å². The highest BCUT2D eigenvalue weighted by molar-refractivity contribution is 5.95. The van der Waals surface area contributed by atoms with Crippen LogP contribution in [-0.4, -0.2) is 49.2 Å². The number of hydrogen-bond acceptors (Lipinski definition) is 4. The fourth-order valence-electron chi connectivity index (χ4n) is 3.52. The van der Waals surface area contributed by atoms with Gasteiger partial charge in [0.2, 0.25) is 0 Å². The fourth-order valence-corrected chi connectivity index (χ4v) is 3.52. The Labute approximate surface area is 135 Å². The first-order valence-electron chi connectivity index (χ1n) is 7.74. The van der Waals surface area contributed by atoms with Gasteiger partial charge in [0.1, 0.15) is 11.5 Å². The third-order valence-electron chi connectivity index (χ3n) is 5.13. The first-order valence-corrected chi connectivity index (χ1v) is 7.74. The second-order valence-corrected chi connectivity index (χ2v) is 6.35. The molecule has 1 amide bonds. The van der Waals surface area contributed by atoms with Crippen LogP contribution in [-0.2, 0) is 4.79 Å². The normalized spacial score (nSPS) is 21.8. The number of carboxylic acid groups (broad SMARTS) is 1. The molecule has 1 atom stereocenters. The summed E-state index contributed by atoms with van der Waals surface area (Å²) in [7, 11) is 3.10. The van der Waals surface area contributed by atoms with Gasteiger partial charge in [-0.25, -0.2) is 0 Å². The van der Waals surface area contributed by atoms with Crippen LogP contribution in [0.25, 0.3) is 0 Å². The second-order valence-electron chi connectivity index (χ2n) is 6.35. The highest BCUT2D eigenvalue weighted by Gasteiger charge is 2.59. The molecule has 1 aliphatic carbocycles. The number of aliphatic carboxylic acids is 1. The van der Waals surface area contributed by atoms with Crippen molar-refractivity contribution in [2.24, 2.45) is 11.3 Å². The minimum Gasteiger partial charge on any atom is -0.497 e. The van der Waals surface area contributed by atoms with Crippen molar-refractivity contribution in [1.82, 2.24) is 4.90 Å². The zero-order chi connectivity index (χ0) is 16.6. The highest BCUT2D eigenvalue weighted by atomic mass is 16.5. The summed E-state index contributed by atoms with van der Waals surface area (Å²) in [4.78, 5) is 25.6. The van der Waals surface area contributed by atoms with Gasteiger partial charge < -0.3 is 19.5 Å². The number of methoxy groups -OCH3 is 2. The number of likely N-dealkylation sites (tertiary alicyclic amines) is 1. The number of hydrogen-bond donors (Lipinski definition) is 1. The van der Waals surface area contributed by atoms with Gasteiger partial charge in [0.05, 0.1) is 20.1 Å². The van der Waals surface area contributed by atoms with Crippen molar-refractivity contribution in [2.45, 2.75) is 19.3 Å². The molecule has 2 aliphatic rings. The van der Waals surface area contributed by atoms with Gasteiger partial charge in [-0.15, -0.1) is 0 Å². The van der Waals surface area contributed by atoms with Gasteiger partial charge >= 0.3 is 5.97 Å². The lowest BCUT2D eigenvalue weighted by Crippen LogP contribution is -2.40. The Morgan fingerprint density at radius 2 is 1.70 bits per heavy atom. The smallest absolute Gasteiger partial charge is 0.307 e. The average Bonchev–Trinajstić information content (AvgIpc) is 3.28. The number of carbonyl (C=O) groups is 2. The molecule has 1 aromatic rings. The number of ether oxygens (including phenoxy) is 2. The van der Waals surface area contributed by atoms with Crippen LogP contribution in [0.1, 0.15) is 29.6 Å². The van der Waals surface area contributed by atoms with Gasteiger partial charge in [-0.05, 0) is 36.8 Å². The summed E-state index contributed by atoms with van der Waals surface area (Å²) in [5.41, 5.74) is 0.456. The van der Waals surface area contributed by atoms with Crippen molar-refractivity contribution >= 4 is 11.9 Å². The van der Waals surface area contributed by atoms with E-state index in [0.717, 1.165) is 19.3 Å². The molecule has 6 heteroatoms. The molecule has 1 saturated carbocycles. The van der Waals surface area contributed by atoms with E-state index in [1.54, 1.807) is 37.3 Å². The molecule has 23 heavy (non-hydrogen) atoms. The maximum absolute atomic E-state index is 12.7. The fraction of sp³-hybridized carbons (Fsp3) is 0.529. The molecule has 6 nitrogen and oxygen atoms in total. The van der Waals surface area contributed by atoms with Crippen molar-refractivity contribution in [1.29, 1.82) is 0 Å². The molecule has 1 aliphatic heterocycles. The molecule has 1 spiro atoms. The Morgan fingerprint density at radius 3 is 2.13 bits per heavy atom. The molecule has 1 aromatic carbocycles. The maximum atomic E-state index is 12.7. The summed E-state index contributed by atoms with van der Waals surface area (Å²) < 4.78 is 10.4. The minimum absolute atomic E-state index is 0.0652.